The van der Waals surface area contributed by atoms with Gasteiger partial charge in [-0.2, -0.15) is 0 Å². The minimum absolute atomic E-state index is 0.00970. The lowest BCUT2D eigenvalue weighted by Crippen LogP contribution is -2.62. The zero-order chi connectivity index (χ0) is 57.8. The second kappa shape index (κ2) is 28.9. The van der Waals surface area contributed by atoms with Crippen LogP contribution in [0.3, 0.4) is 0 Å². The van der Waals surface area contributed by atoms with Crippen molar-refractivity contribution in [3.05, 3.63) is 47.6 Å². The first kappa shape index (κ1) is 64.6. The Morgan fingerprint density at radius 1 is 0.833 bits per heavy atom. The van der Waals surface area contributed by atoms with E-state index in [2.05, 4.69) is 0 Å². The molecule has 6 N–H and O–H groups in total. The molecule has 5 aliphatic rings. The highest BCUT2D eigenvalue weighted by molar-refractivity contribution is 6.39. The van der Waals surface area contributed by atoms with Crippen molar-refractivity contribution in [3.63, 3.8) is 0 Å². The molecule has 0 aromatic carbocycles. The normalized spacial score (nSPS) is 39.3. The van der Waals surface area contributed by atoms with Crippen LogP contribution in [0.5, 0.6) is 0 Å². The number of piperidine rings is 1. The summed E-state index contributed by atoms with van der Waals surface area (Å²) in [5.74, 6) is -12.1. The van der Waals surface area contributed by atoms with Gasteiger partial charge in [0.15, 0.2) is 17.7 Å². The maximum Gasteiger partial charge on any atom is 0.513 e. The molecule has 21 nitrogen and oxygen atoms in total. The molecule has 4 heterocycles. The van der Waals surface area contributed by atoms with E-state index in [1.165, 1.54) is 14.2 Å². The Morgan fingerprint density at radius 2 is 1.55 bits per heavy atom. The highest BCUT2D eigenvalue weighted by atomic mass is 16.9. The van der Waals surface area contributed by atoms with Gasteiger partial charge in [-0.15, -0.1) is 0 Å². The van der Waals surface area contributed by atoms with Gasteiger partial charge in [0.2, 0.25) is 5.79 Å². The minimum Gasteiger partial charge on any atom is -0.460 e. The van der Waals surface area contributed by atoms with Gasteiger partial charge < -0.3 is 73.4 Å². The molecular weight excluding hydrogens is 1020 g/mol. The molecule has 1 amide bonds. The second-order valence-electron chi connectivity index (χ2n) is 22.5. The van der Waals surface area contributed by atoms with E-state index in [-0.39, 0.29) is 55.4 Å². The first-order valence-corrected chi connectivity index (χ1v) is 27.6. The molecule has 21 heteroatoms. The molecule has 0 aromatic rings. The van der Waals surface area contributed by atoms with E-state index in [1.807, 2.05) is 44.2 Å². The number of aliphatic hydroxyl groups is 6. The summed E-state index contributed by atoms with van der Waals surface area (Å²) in [5.41, 5.74) is 1.07. The Kier molecular flexibility index (Phi) is 24.0. The van der Waals surface area contributed by atoms with Crippen molar-refractivity contribution in [2.45, 2.75) is 204 Å². The molecule has 440 valence electrons. The van der Waals surface area contributed by atoms with Crippen LogP contribution in [0.15, 0.2) is 47.6 Å². The number of amides is 1. The predicted octanol–water partition coefficient (Wildman–Crippen LogP) is 4.10. The SMILES string of the molecule is CO[C@H]1C[C@@H]2CC[C@@H](C)[C@@](O)(O2)C(=O)C(=O)N2CCCC[C@H]2C(=O)O[C@H]([C@H](C)C[C@H]2CC[C@@H](OC(=O)O[C@@]3(O)OC[C@H](O)[C@H](O)C3O)[C@H](OC)C2)CC(=O)C(C)=CC(C)[C@@H](O)[C@@H](OC)C(=O)[C@H](C)C[C@H](C)C=CC=CC=C1C. The number of allylic oxidation sites excluding steroid dienone is 6. The van der Waals surface area contributed by atoms with Crippen LogP contribution in [0.2, 0.25) is 0 Å². The fourth-order valence-electron chi connectivity index (χ4n) is 11.4. The van der Waals surface area contributed by atoms with Gasteiger partial charge in [0.25, 0.3) is 11.7 Å². The lowest BCUT2D eigenvalue weighted by Gasteiger charge is -2.42. The highest BCUT2D eigenvalue weighted by Gasteiger charge is 2.55. The van der Waals surface area contributed by atoms with Crippen LogP contribution in [-0.2, 0) is 61.9 Å². The number of carbonyl (C=O) groups is 6. The van der Waals surface area contributed by atoms with Gasteiger partial charge in [-0.1, -0.05) is 71.1 Å². The molecule has 2 bridgehead atoms. The Hall–Kier alpha value is -4.26. The fourth-order valence-corrected chi connectivity index (χ4v) is 11.4. The van der Waals surface area contributed by atoms with E-state index < -0.39 is 139 Å². The summed E-state index contributed by atoms with van der Waals surface area (Å²) in [4.78, 5) is 85.4. The number of cyclic esters (lactones) is 1. The van der Waals surface area contributed by atoms with Crippen molar-refractivity contribution in [1.29, 1.82) is 0 Å². The number of hydrogen-bond donors (Lipinski definition) is 6. The summed E-state index contributed by atoms with van der Waals surface area (Å²) in [6.07, 6.45) is 1.21. The van der Waals surface area contributed by atoms with Crippen molar-refractivity contribution >= 4 is 35.4 Å². The smallest absolute Gasteiger partial charge is 0.460 e. The molecule has 2 unspecified atom stereocenters. The zero-order valence-corrected chi connectivity index (χ0v) is 47.0. The number of hydrogen-bond acceptors (Lipinski definition) is 20. The molecule has 78 heavy (non-hydrogen) atoms. The van der Waals surface area contributed by atoms with Crippen molar-refractivity contribution < 1.29 is 97.3 Å². The Balaban J connectivity index is 1.42. The van der Waals surface area contributed by atoms with Crippen molar-refractivity contribution in [1.82, 2.24) is 4.90 Å². The van der Waals surface area contributed by atoms with Crippen molar-refractivity contribution in [3.8, 4) is 0 Å². The molecule has 5 rings (SSSR count). The van der Waals surface area contributed by atoms with E-state index in [9.17, 15) is 59.4 Å². The number of ether oxygens (including phenoxy) is 8. The molecule has 4 aliphatic heterocycles. The Bertz CT molecular complexity index is 2200. The molecular formula is C57H87NO20. The lowest BCUT2D eigenvalue weighted by atomic mass is 9.78. The molecule has 0 aromatic heterocycles. The van der Waals surface area contributed by atoms with Crippen molar-refractivity contribution in [2.75, 3.05) is 34.5 Å². The van der Waals surface area contributed by atoms with E-state index in [0.29, 0.717) is 51.4 Å². The van der Waals surface area contributed by atoms with Gasteiger partial charge in [0.05, 0.1) is 31.0 Å². The molecule has 19 atom stereocenters. The van der Waals surface area contributed by atoms with Crippen LogP contribution in [-0.4, -0.2) is 184 Å². The monoisotopic (exact) mass is 1110 g/mol. The summed E-state index contributed by atoms with van der Waals surface area (Å²) in [6.45, 7) is 11.7. The van der Waals surface area contributed by atoms with Gasteiger partial charge in [-0.05, 0) is 107 Å². The molecule has 0 radical (unpaired) electrons. The van der Waals surface area contributed by atoms with Crippen LogP contribution < -0.4 is 0 Å². The van der Waals surface area contributed by atoms with Crippen molar-refractivity contribution in [2.24, 2.45) is 35.5 Å². The van der Waals surface area contributed by atoms with Gasteiger partial charge in [0.1, 0.15) is 36.6 Å². The standard InChI is InChI=1S/C57H87NO20/c1-31-16-12-11-13-17-32(2)44(71-8)28-39-21-19-37(7)56(69,77-39)52(65)53(66)58-23-15-14-18-40(58)54(67)75-45(29-41(59)33(3)25-36(6)48(62)50(73-10)47(61)35(5)24-31)34(4)26-38-20-22-43(46(27-38)72-9)76-55(68)78-57(70)51(64)49(63)42(60)30-74-57/h11-13,16-17,25,31,34-40,42-46,48-51,60,62-64,69-70H,14-15,18-24,26-30H2,1-10H3/t31-,34-,35-,36?,37-,38-,39+,40+,42+,43-,44+,45+,46-,48-,49+,50+,51?,56-,57+/m1/s1. The predicted molar refractivity (Wildman–Crippen MR) is 279 cm³/mol. The summed E-state index contributed by atoms with van der Waals surface area (Å²) < 4.78 is 44.9. The lowest BCUT2D eigenvalue weighted by molar-refractivity contribution is -0.415. The Labute approximate surface area is 458 Å². The first-order chi connectivity index (χ1) is 36.8. The highest BCUT2D eigenvalue weighted by Crippen LogP contribution is 2.39. The van der Waals surface area contributed by atoms with E-state index in [4.69, 9.17) is 37.9 Å². The maximum absolute atomic E-state index is 14.6. The number of esters is 1. The van der Waals surface area contributed by atoms with Crippen LogP contribution in [0.1, 0.15) is 126 Å². The number of fused-ring (bicyclic) bond motifs is 3. The number of aliphatic hydroxyl groups excluding tert-OH is 4. The number of Topliss-reactive ketones (excluding diaryl/α,β-unsaturated/α-hetero) is 3. The quantitative estimate of drug-likeness (QED) is 0.113. The molecule has 1 aliphatic carbocycles. The third-order valence-corrected chi connectivity index (χ3v) is 16.5. The number of carbonyl (C=O) groups excluding carboxylic acids is 6. The fraction of sp³-hybridized carbons (Fsp3) is 0.754. The van der Waals surface area contributed by atoms with Crippen LogP contribution >= 0.6 is 0 Å². The summed E-state index contributed by atoms with van der Waals surface area (Å²) in [7, 11) is 4.31. The molecule has 4 fully saturated rings. The number of methoxy groups -OCH3 is 3. The zero-order valence-electron chi connectivity index (χ0n) is 47.0. The summed E-state index contributed by atoms with van der Waals surface area (Å²) in [5, 5.41) is 64.3. The minimum atomic E-state index is -3.00. The van der Waals surface area contributed by atoms with Crippen LogP contribution in [0.25, 0.3) is 0 Å². The molecule has 3 saturated heterocycles. The third-order valence-electron chi connectivity index (χ3n) is 16.5. The van der Waals surface area contributed by atoms with Crippen LogP contribution in [0.4, 0.5) is 4.79 Å². The summed E-state index contributed by atoms with van der Waals surface area (Å²) >= 11 is 0. The number of ketones is 3. The third kappa shape index (κ3) is 16.2. The summed E-state index contributed by atoms with van der Waals surface area (Å²) in [6, 6.07) is -1.25. The van der Waals surface area contributed by atoms with Gasteiger partial charge in [0, 0.05) is 58.5 Å². The number of nitrogens with zero attached hydrogens (tertiary/aromatic N) is 1. The van der Waals surface area contributed by atoms with E-state index >= 15 is 0 Å². The number of rotatable bonds is 8. The average molecular weight is 1110 g/mol. The van der Waals surface area contributed by atoms with Crippen LogP contribution in [0, 0.1) is 35.5 Å². The Morgan fingerprint density at radius 3 is 2.23 bits per heavy atom. The first-order valence-electron chi connectivity index (χ1n) is 27.6. The van der Waals surface area contributed by atoms with Gasteiger partial charge >= 0.3 is 18.1 Å². The van der Waals surface area contributed by atoms with E-state index in [0.717, 1.165) is 10.5 Å². The molecule has 0 spiro atoms. The average Bonchev–Trinajstić information content (AvgIpc) is 3.44. The van der Waals surface area contributed by atoms with Gasteiger partial charge in [-0.25, -0.2) is 9.59 Å². The van der Waals surface area contributed by atoms with Gasteiger partial charge in [-0.3, -0.25) is 19.2 Å². The second-order valence-corrected chi connectivity index (χ2v) is 22.5. The largest absolute Gasteiger partial charge is 0.513 e. The topological polar surface area (TPSA) is 301 Å². The van der Waals surface area contributed by atoms with E-state index in [1.54, 1.807) is 47.8 Å². The molecule has 1 saturated carbocycles. The maximum atomic E-state index is 14.6.